The van der Waals surface area contributed by atoms with Crippen LogP contribution >= 0.6 is 27.7 Å². The number of allylic oxidation sites excluding steroid dienone is 1. The quantitative estimate of drug-likeness (QED) is 0.116. The predicted octanol–water partition coefficient (Wildman–Crippen LogP) is 8.23. The number of hydrogen-bond acceptors (Lipinski definition) is 8. The largest absolute Gasteiger partial charge is 0.493 e. The number of ether oxygens (including phenoxy) is 3. The zero-order chi connectivity index (χ0) is 30.8. The Morgan fingerprint density at radius 1 is 1.07 bits per heavy atom. The number of carbonyl (C=O) groups is 1. The average Bonchev–Trinajstić information content (AvgIpc) is 3.40. The molecular weight excluding hydrogens is 630 g/mol. The molecule has 232 valence electrons. The van der Waals surface area contributed by atoms with Crippen molar-refractivity contribution in [1.29, 1.82) is 0 Å². The number of methoxy groups -OCH3 is 1. The third-order valence-corrected chi connectivity index (χ3v) is 8.57. The van der Waals surface area contributed by atoms with Crippen LogP contribution in [0.4, 0.5) is 11.6 Å². The van der Waals surface area contributed by atoms with E-state index in [1.807, 2.05) is 50.2 Å². The second-order valence-corrected chi connectivity index (χ2v) is 12.2. The number of nitrogens with one attached hydrogen (secondary N) is 2. The number of amides is 1. The van der Waals surface area contributed by atoms with Crippen LogP contribution in [0.3, 0.4) is 0 Å². The summed E-state index contributed by atoms with van der Waals surface area (Å²) in [5, 5.41) is 11.9. The molecule has 2 aromatic carbocycles. The molecule has 43 heavy (non-hydrogen) atoms. The normalized spacial score (nSPS) is 14.2. The average molecular weight is 673 g/mol. The molecule has 3 aromatic rings. The van der Waals surface area contributed by atoms with Gasteiger partial charge in [0.2, 0.25) is 11.1 Å². The molecule has 4 rings (SSSR count). The number of carbonyl (C=O) groups excluding carboxylic acids is 1. The molecule has 1 aliphatic heterocycles. The fraction of sp³-hybridized carbons (Fsp3) is 0.469. The number of hydrogen-bond donors (Lipinski definition) is 2. The first kappa shape index (κ1) is 32.7. The number of fused-ring (bicyclic) bond motifs is 1. The van der Waals surface area contributed by atoms with Crippen molar-refractivity contribution in [2.75, 3.05) is 36.7 Å². The van der Waals surface area contributed by atoms with E-state index in [2.05, 4.69) is 40.4 Å². The van der Waals surface area contributed by atoms with Crippen LogP contribution in [0.1, 0.15) is 77.8 Å². The summed E-state index contributed by atoms with van der Waals surface area (Å²) in [6.45, 7) is 9.24. The van der Waals surface area contributed by atoms with E-state index in [9.17, 15) is 4.79 Å². The van der Waals surface area contributed by atoms with Gasteiger partial charge in [-0.2, -0.15) is 4.98 Å². The van der Waals surface area contributed by atoms with Gasteiger partial charge in [0, 0.05) is 11.4 Å². The molecule has 2 N–H and O–H groups in total. The number of unbranched alkanes of at least 4 members (excludes halogenated alkanes) is 4. The summed E-state index contributed by atoms with van der Waals surface area (Å²) in [6.07, 6.45) is 6.60. The minimum absolute atomic E-state index is 0.269. The molecule has 0 saturated carbocycles. The minimum Gasteiger partial charge on any atom is -0.493 e. The molecule has 11 heteroatoms. The molecular formula is C32H42BrN5O4S. The number of benzene rings is 2. The Morgan fingerprint density at radius 2 is 1.86 bits per heavy atom. The summed E-state index contributed by atoms with van der Waals surface area (Å²) in [7, 11) is 1.63. The SMILES string of the molecule is CCCCCCOc1c(Br)cc(C2C(C(=O)Nc3ccccc3OCC)=C(C)Nc3nc(SCCCC)nn32)cc1OC. The molecule has 1 aromatic heterocycles. The van der Waals surface area contributed by atoms with E-state index >= 15 is 0 Å². The Hall–Kier alpha value is -3.18. The van der Waals surface area contributed by atoms with Gasteiger partial charge >= 0.3 is 0 Å². The predicted molar refractivity (Wildman–Crippen MR) is 177 cm³/mol. The standard InChI is InChI=1S/C32H42BrN5O4S/c1-6-9-11-14-17-42-29-23(33)19-22(20-26(29)40-5)28-27(30(39)35-24-15-12-13-16-25(24)41-8-3)21(4)34-31-36-32(37-38(28)31)43-18-10-7-2/h12-13,15-16,19-20,28H,6-11,14,17-18H2,1-5H3,(H,35,39)(H,34,36,37). The van der Waals surface area contributed by atoms with Crippen LogP contribution in [0.2, 0.25) is 0 Å². The minimum atomic E-state index is -0.577. The van der Waals surface area contributed by atoms with Crippen LogP contribution in [0.15, 0.2) is 57.3 Å². The summed E-state index contributed by atoms with van der Waals surface area (Å²) < 4.78 is 20.3. The van der Waals surface area contributed by atoms with Gasteiger partial charge in [0.15, 0.2) is 11.5 Å². The van der Waals surface area contributed by atoms with E-state index in [4.69, 9.17) is 24.3 Å². The lowest BCUT2D eigenvalue weighted by Crippen LogP contribution is -2.31. The Morgan fingerprint density at radius 3 is 2.60 bits per heavy atom. The zero-order valence-electron chi connectivity index (χ0n) is 25.7. The number of halogens is 1. The van der Waals surface area contributed by atoms with Gasteiger partial charge in [-0.05, 0) is 72.4 Å². The second-order valence-electron chi connectivity index (χ2n) is 10.3. The van der Waals surface area contributed by atoms with Gasteiger partial charge in [0.05, 0.1) is 36.1 Å². The Kier molecular flexibility index (Phi) is 12.2. The number of aromatic nitrogens is 3. The molecule has 0 radical (unpaired) electrons. The summed E-state index contributed by atoms with van der Waals surface area (Å²) >= 11 is 5.34. The summed E-state index contributed by atoms with van der Waals surface area (Å²) in [4.78, 5) is 18.8. The van der Waals surface area contributed by atoms with Crippen molar-refractivity contribution in [3.63, 3.8) is 0 Å². The second kappa shape index (κ2) is 16.0. The lowest BCUT2D eigenvalue weighted by atomic mass is 9.94. The maximum Gasteiger partial charge on any atom is 0.255 e. The third-order valence-electron chi connectivity index (χ3n) is 7.05. The molecule has 9 nitrogen and oxygen atoms in total. The maximum atomic E-state index is 14.1. The fourth-order valence-electron chi connectivity index (χ4n) is 4.88. The van der Waals surface area contributed by atoms with Crippen molar-refractivity contribution in [2.24, 2.45) is 0 Å². The molecule has 0 saturated heterocycles. The number of anilines is 2. The van der Waals surface area contributed by atoms with E-state index in [-0.39, 0.29) is 5.91 Å². The van der Waals surface area contributed by atoms with E-state index in [0.29, 0.717) is 58.5 Å². The van der Waals surface area contributed by atoms with Gasteiger partial charge in [0.25, 0.3) is 5.91 Å². The number of thioether (sulfide) groups is 1. The Bertz CT molecular complexity index is 1430. The van der Waals surface area contributed by atoms with Crippen LogP contribution in [0.25, 0.3) is 0 Å². The first-order chi connectivity index (χ1) is 20.9. The van der Waals surface area contributed by atoms with E-state index < -0.39 is 6.04 Å². The summed E-state index contributed by atoms with van der Waals surface area (Å²) in [5.74, 6) is 3.06. The fourth-order valence-corrected chi connectivity index (χ4v) is 6.37. The molecule has 0 spiro atoms. The van der Waals surface area contributed by atoms with Gasteiger partial charge < -0.3 is 24.8 Å². The lowest BCUT2D eigenvalue weighted by Gasteiger charge is -2.29. The van der Waals surface area contributed by atoms with Crippen LogP contribution in [0, 0.1) is 0 Å². The Labute approximate surface area is 267 Å². The molecule has 0 fully saturated rings. The third kappa shape index (κ3) is 8.06. The van der Waals surface area contributed by atoms with Crippen molar-refractivity contribution in [2.45, 2.75) is 77.4 Å². The monoisotopic (exact) mass is 671 g/mol. The summed E-state index contributed by atoms with van der Waals surface area (Å²) in [5.41, 5.74) is 2.60. The van der Waals surface area contributed by atoms with Crippen molar-refractivity contribution in [3.05, 3.63) is 57.7 Å². The lowest BCUT2D eigenvalue weighted by molar-refractivity contribution is -0.113. The van der Waals surface area contributed by atoms with Gasteiger partial charge in [-0.1, -0.05) is 63.4 Å². The number of nitrogens with zero attached hydrogens (tertiary/aromatic N) is 3. The van der Waals surface area contributed by atoms with Crippen molar-refractivity contribution in [3.8, 4) is 17.2 Å². The highest BCUT2D eigenvalue weighted by atomic mass is 79.9. The molecule has 1 aliphatic rings. The van der Waals surface area contributed by atoms with Gasteiger partial charge in [-0.3, -0.25) is 4.79 Å². The smallest absolute Gasteiger partial charge is 0.255 e. The molecule has 1 atom stereocenters. The zero-order valence-corrected chi connectivity index (χ0v) is 28.1. The molecule has 1 unspecified atom stereocenters. The van der Waals surface area contributed by atoms with Gasteiger partial charge in [0.1, 0.15) is 11.8 Å². The van der Waals surface area contributed by atoms with Crippen molar-refractivity contribution >= 4 is 45.2 Å². The van der Waals surface area contributed by atoms with Crippen molar-refractivity contribution < 1.29 is 19.0 Å². The molecule has 1 amide bonds. The maximum absolute atomic E-state index is 14.1. The van der Waals surface area contributed by atoms with Crippen molar-refractivity contribution in [1.82, 2.24) is 14.8 Å². The molecule has 2 heterocycles. The van der Waals surface area contributed by atoms with E-state index in [1.165, 1.54) is 12.8 Å². The number of rotatable bonds is 16. The highest BCUT2D eigenvalue weighted by Gasteiger charge is 2.35. The molecule has 0 bridgehead atoms. The van der Waals surface area contributed by atoms with Crippen LogP contribution in [-0.4, -0.2) is 46.7 Å². The van der Waals surface area contributed by atoms with Crippen LogP contribution in [0.5, 0.6) is 17.2 Å². The van der Waals surface area contributed by atoms with Gasteiger partial charge in [-0.15, -0.1) is 5.10 Å². The van der Waals surface area contributed by atoms with E-state index in [1.54, 1.807) is 23.6 Å². The topological polar surface area (TPSA) is 99.5 Å². The first-order valence-corrected chi connectivity index (χ1v) is 16.8. The highest BCUT2D eigenvalue weighted by Crippen LogP contribution is 2.43. The van der Waals surface area contributed by atoms with Crippen LogP contribution in [-0.2, 0) is 4.79 Å². The Balaban J connectivity index is 1.74. The summed E-state index contributed by atoms with van der Waals surface area (Å²) in [6, 6.07) is 10.7. The number of para-hydroxylation sites is 2. The van der Waals surface area contributed by atoms with Gasteiger partial charge in [-0.25, -0.2) is 4.68 Å². The first-order valence-electron chi connectivity index (χ1n) is 15.0. The highest BCUT2D eigenvalue weighted by molar-refractivity contribution is 9.10. The van der Waals surface area contributed by atoms with Crippen LogP contribution < -0.4 is 24.8 Å². The van der Waals surface area contributed by atoms with E-state index in [0.717, 1.165) is 41.5 Å². The molecule has 0 aliphatic carbocycles.